The third kappa shape index (κ3) is 4.48. The van der Waals surface area contributed by atoms with E-state index < -0.39 is 0 Å². The SMILES string of the molecule is C=CCOc1cc(CN)cc(OCC=C)c1OCC=C. The summed E-state index contributed by atoms with van der Waals surface area (Å²) in [6, 6.07) is 3.67. The van der Waals surface area contributed by atoms with Crippen LogP contribution < -0.4 is 19.9 Å². The van der Waals surface area contributed by atoms with Crippen LogP contribution >= 0.6 is 0 Å². The largest absolute Gasteiger partial charge is 0.485 e. The topological polar surface area (TPSA) is 53.7 Å². The highest BCUT2D eigenvalue weighted by Gasteiger charge is 2.14. The molecule has 108 valence electrons. The van der Waals surface area contributed by atoms with Crippen molar-refractivity contribution in [1.29, 1.82) is 0 Å². The van der Waals surface area contributed by atoms with E-state index in [1.807, 2.05) is 12.1 Å². The second-order valence-electron chi connectivity index (χ2n) is 3.92. The van der Waals surface area contributed by atoms with E-state index in [4.69, 9.17) is 19.9 Å². The number of hydrogen-bond donors (Lipinski definition) is 1. The van der Waals surface area contributed by atoms with Crippen LogP contribution in [0.15, 0.2) is 50.1 Å². The molecule has 0 bridgehead atoms. The summed E-state index contributed by atoms with van der Waals surface area (Å²) in [5.74, 6) is 1.69. The second kappa shape index (κ2) is 8.82. The van der Waals surface area contributed by atoms with Gasteiger partial charge in [0.15, 0.2) is 11.5 Å². The van der Waals surface area contributed by atoms with Gasteiger partial charge in [0.05, 0.1) is 0 Å². The second-order valence-corrected chi connectivity index (χ2v) is 3.92. The lowest BCUT2D eigenvalue weighted by Gasteiger charge is -2.17. The predicted molar refractivity (Wildman–Crippen MR) is 81.4 cm³/mol. The Morgan fingerprint density at radius 2 is 1.30 bits per heavy atom. The van der Waals surface area contributed by atoms with Gasteiger partial charge in [0.25, 0.3) is 0 Å². The molecule has 1 aromatic carbocycles. The number of nitrogens with two attached hydrogens (primary N) is 1. The lowest BCUT2D eigenvalue weighted by molar-refractivity contribution is 0.279. The molecule has 0 heterocycles. The van der Waals surface area contributed by atoms with Crippen molar-refractivity contribution in [1.82, 2.24) is 0 Å². The predicted octanol–water partition coefficient (Wildman–Crippen LogP) is 2.84. The van der Waals surface area contributed by atoms with Crippen LogP contribution in [0.2, 0.25) is 0 Å². The highest BCUT2D eigenvalue weighted by atomic mass is 16.5. The normalized spacial score (nSPS) is 9.65. The molecule has 0 amide bonds. The maximum Gasteiger partial charge on any atom is 0.203 e. The number of hydrogen-bond acceptors (Lipinski definition) is 4. The van der Waals surface area contributed by atoms with Gasteiger partial charge in [-0.25, -0.2) is 0 Å². The molecule has 0 aliphatic carbocycles. The van der Waals surface area contributed by atoms with Crippen molar-refractivity contribution in [2.24, 2.45) is 5.73 Å². The van der Waals surface area contributed by atoms with Crippen molar-refractivity contribution in [3.63, 3.8) is 0 Å². The Bertz CT molecular complexity index is 436. The Hall–Kier alpha value is -2.20. The zero-order valence-electron chi connectivity index (χ0n) is 11.6. The Balaban J connectivity index is 3.15. The van der Waals surface area contributed by atoms with Crippen molar-refractivity contribution < 1.29 is 14.2 Å². The quantitative estimate of drug-likeness (QED) is 0.667. The summed E-state index contributed by atoms with van der Waals surface area (Å²) in [6.45, 7) is 12.4. The molecule has 0 saturated heterocycles. The van der Waals surface area contributed by atoms with Crippen molar-refractivity contribution in [3.05, 3.63) is 55.7 Å². The molecule has 0 atom stereocenters. The molecule has 0 radical (unpaired) electrons. The molecular formula is C16H21NO3. The fourth-order valence-electron chi connectivity index (χ4n) is 1.55. The van der Waals surface area contributed by atoms with Gasteiger partial charge in [0.2, 0.25) is 5.75 Å². The molecule has 1 aromatic rings. The van der Waals surface area contributed by atoms with E-state index in [-0.39, 0.29) is 0 Å². The Morgan fingerprint density at radius 1 is 0.850 bits per heavy atom. The lowest BCUT2D eigenvalue weighted by Crippen LogP contribution is -2.06. The van der Waals surface area contributed by atoms with E-state index in [0.29, 0.717) is 43.6 Å². The van der Waals surface area contributed by atoms with Crippen LogP contribution in [0.25, 0.3) is 0 Å². The van der Waals surface area contributed by atoms with Gasteiger partial charge >= 0.3 is 0 Å². The molecular weight excluding hydrogens is 254 g/mol. The zero-order valence-corrected chi connectivity index (χ0v) is 11.6. The summed E-state index contributed by atoms with van der Waals surface area (Å²) >= 11 is 0. The van der Waals surface area contributed by atoms with Crippen molar-refractivity contribution in [3.8, 4) is 17.2 Å². The standard InChI is InChI=1S/C16H21NO3/c1-4-7-18-14-10-13(12-17)11-15(19-8-5-2)16(14)20-9-6-3/h4-6,10-11H,1-3,7-9,12,17H2. The molecule has 0 fully saturated rings. The highest BCUT2D eigenvalue weighted by molar-refractivity contribution is 5.54. The van der Waals surface area contributed by atoms with Crippen LogP contribution in [0.5, 0.6) is 17.2 Å². The zero-order chi connectivity index (χ0) is 14.8. The van der Waals surface area contributed by atoms with Gasteiger partial charge in [0.1, 0.15) is 19.8 Å². The van der Waals surface area contributed by atoms with Gasteiger partial charge in [-0.1, -0.05) is 38.0 Å². The summed E-state index contributed by atoms with van der Waals surface area (Å²) in [4.78, 5) is 0. The fraction of sp³-hybridized carbons (Fsp3) is 0.250. The maximum absolute atomic E-state index is 5.69. The molecule has 4 nitrogen and oxygen atoms in total. The first-order valence-corrected chi connectivity index (χ1v) is 6.34. The van der Waals surface area contributed by atoms with Gasteiger partial charge in [-0.3, -0.25) is 0 Å². The van der Waals surface area contributed by atoms with Crippen molar-refractivity contribution in [2.75, 3.05) is 19.8 Å². The Labute approximate surface area is 120 Å². The Morgan fingerprint density at radius 3 is 1.70 bits per heavy atom. The molecule has 0 aliphatic heterocycles. The maximum atomic E-state index is 5.69. The van der Waals surface area contributed by atoms with E-state index in [1.54, 1.807) is 18.2 Å². The van der Waals surface area contributed by atoms with Crippen LogP contribution in [0, 0.1) is 0 Å². The van der Waals surface area contributed by atoms with Gasteiger partial charge in [-0.15, -0.1) is 0 Å². The minimum absolute atomic E-state index is 0.358. The molecule has 0 spiro atoms. The first-order chi connectivity index (χ1) is 9.76. The van der Waals surface area contributed by atoms with Gasteiger partial charge in [-0.05, 0) is 17.7 Å². The average molecular weight is 275 g/mol. The molecule has 0 aliphatic rings. The summed E-state index contributed by atoms with van der Waals surface area (Å²) in [5, 5.41) is 0. The van der Waals surface area contributed by atoms with Gasteiger partial charge in [0, 0.05) is 6.54 Å². The van der Waals surface area contributed by atoms with E-state index in [9.17, 15) is 0 Å². The number of benzene rings is 1. The van der Waals surface area contributed by atoms with Crippen molar-refractivity contribution >= 4 is 0 Å². The molecule has 0 aromatic heterocycles. The molecule has 4 heteroatoms. The first kappa shape index (κ1) is 15.9. The monoisotopic (exact) mass is 275 g/mol. The summed E-state index contributed by atoms with van der Waals surface area (Å²) < 4.78 is 16.8. The van der Waals surface area contributed by atoms with Gasteiger partial charge < -0.3 is 19.9 Å². The van der Waals surface area contributed by atoms with E-state index in [1.165, 1.54) is 0 Å². The summed E-state index contributed by atoms with van der Waals surface area (Å²) in [7, 11) is 0. The number of ether oxygens (including phenoxy) is 3. The third-order valence-corrected chi connectivity index (χ3v) is 2.38. The Kier molecular flexibility index (Phi) is 7.00. The fourth-order valence-corrected chi connectivity index (χ4v) is 1.55. The van der Waals surface area contributed by atoms with Crippen LogP contribution in [-0.2, 0) is 6.54 Å². The minimum atomic E-state index is 0.358. The van der Waals surface area contributed by atoms with E-state index in [2.05, 4.69) is 19.7 Å². The highest BCUT2D eigenvalue weighted by Crippen LogP contribution is 2.39. The van der Waals surface area contributed by atoms with Crippen LogP contribution in [-0.4, -0.2) is 19.8 Å². The molecule has 0 unspecified atom stereocenters. The summed E-state index contributed by atoms with van der Waals surface area (Å²) in [5.41, 5.74) is 6.58. The van der Waals surface area contributed by atoms with Crippen molar-refractivity contribution in [2.45, 2.75) is 6.54 Å². The molecule has 1 rings (SSSR count). The van der Waals surface area contributed by atoms with E-state index >= 15 is 0 Å². The minimum Gasteiger partial charge on any atom is -0.485 e. The average Bonchev–Trinajstić information content (AvgIpc) is 2.48. The van der Waals surface area contributed by atoms with Gasteiger partial charge in [-0.2, -0.15) is 0 Å². The summed E-state index contributed by atoms with van der Waals surface area (Å²) in [6.07, 6.45) is 4.98. The molecule has 20 heavy (non-hydrogen) atoms. The van der Waals surface area contributed by atoms with E-state index in [0.717, 1.165) is 5.56 Å². The van der Waals surface area contributed by atoms with Crippen LogP contribution in [0.4, 0.5) is 0 Å². The number of rotatable bonds is 10. The third-order valence-electron chi connectivity index (χ3n) is 2.38. The van der Waals surface area contributed by atoms with Crippen LogP contribution in [0.3, 0.4) is 0 Å². The first-order valence-electron chi connectivity index (χ1n) is 6.34. The smallest absolute Gasteiger partial charge is 0.203 e. The lowest BCUT2D eigenvalue weighted by atomic mass is 10.2. The molecule has 0 saturated carbocycles. The van der Waals surface area contributed by atoms with Crippen LogP contribution in [0.1, 0.15) is 5.56 Å². The molecule has 2 N–H and O–H groups in total.